The highest BCUT2D eigenvalue weighted by Crippen LogP contribution is 2.46. The molecule has 0 aliphatic carbocycles. The van der Waals surface area contributed by atoms with Gasteiger partial charge in [0.25, 0.3) is 0 Å². The van der Waals surface area contributed by atoms with E-state index in [4.69, 9.17) is 16.3 Å². The lowest BCUT2D eigenvalue weighted by Gasteiger charge is -2.54. The first-order valence-corrected chi connectivity index (χ1v) is 12.3. The fourth-order valence-corrected chi connectivity index (χ4v) is 5.56. The van der Waals surface area contributed by atoms with Crippen LogP contribution in [0.3, 0.4) is 0 Å². The van der Waals surface area contributed by atoms with Crippen molar-refractivity contribution in [2.75, 3.05) is 26.2 Å². The van der Waals surface area contributed by atoms with Crippen LogP contribution in [0.4, 0.5) is 4.39 Å². The van der Waals surface area contributed by atoms with E-state index in [2.05, 4.69) is 30.6 Å². The number of carbonyl (C=O) groups is 1. The van der Waals surface area contributed by atoms with Gasteiger partial charge in [-0.25, -0.2) is 4.39 Å². The van der Waals surface area contributed by atoms with Crippen LogP contribution >= 0.6 is 11.6 Å². The molecule has 0 bridgehead atoms. The molecule has 7 heteroatoms. The molecule has 0 saturated carbocycles. The molecule has 4 rings (SSSR count). The third kappa shape index (κ3) is 5.07. The summed E-state index contributed by atoms with van der Waals surface area (Å²) in [6, 6.07) is 14.0. The van der Waals surface area contributed by atoms with Gasteiger partial charge in [-0.1, -0.05) is 49.7 Å². The summed E-state index contributed by atoms with van der Waals surface area (Å²) in [5.74, 6) is -0.254. The number of hydrogen-bond donors (Lipinski definition) is 1. The van der Waals surface area contributed by atoms with Crippen molar-refractivity contribution < 1.29 is 19.0 Å². The van der Waals surface area contributed by atoms with Crippen molar-refractivity contribution in [1.29, 1.82) is 0 Å². The molecule has 184 valence electrons. The molecule has 4 atom stereocenters. The normalized spacial score (nSPS) is 29.0. The average molecular weight is 489 g/mol. The van der Waals surface area contributed by atoms with Gasteiger partial charge in [0.05, 0.1) is 18.3 Å². The maximum atomic E-state index is 13.3. The number of hydrogen-bond acceptors (Lipinski definition) is 5. The van der Waals surface area contributed by atoms with E-state index in [1.165, 1.54) is 12.1 Å². The summed E-state index contributed by atoms with van der Waals surface area (Å²) in [6.07, 6.45) is 1.72. The van der Waals surface area contributed by atoms with Gasteiger partial charge in [0.2, 0.25) is 0 Å². The zero-order valence-electron chi connectivity index (χ0n) is 20.1. The van der Waals surface area contributed by atoms with E-state index in [1.807, 2.05) is 24.3 Å². The number of likely N-dealkylation sites (tertiary alicyclic amines) is 1. The Hall–Kier alpha value is -1.83. The number of nitrogens with zero attached hydrogens (tertiary/aromatic N) is 2. The van der Waals surface area contributed by atoms with Gasteiger partial charge in [-0.2, -0.15) is 0 Å². The molecule has 2 aliphatic rings. The molecule has 1 N–H and O–H groups in total. The van der Waals surface area contributed by atoms with Crippen molar-refractivity contribution in [2.45, 2.75) is 57.5 Å². The topological polar surface area (TPSA) is 53.0 Å². The molecule has 2 aliphatic heterocycles. The molecule has 34 heavy (non-hydrogen) atoms. The van der Waals surface area contributed by atoms with Crippen LogP contribution in [0.25, 0.3) is 0 Å². The van der Waals surface area contributed by atoms with Crippen molar-refractivity contribution in [1.82, 2.24) is 9.80 Å². The summed E-state index contributed by atoms with van der Waals surface area (Å²) in [7, 11) is 0. The van der Waals surface area contributed by atoms with Gasteiger partial charge >= 0.3 is 0 Å². The summed E-state index contributed by atoms with van der Waals surface area (Å²) in [6.45, 7) is 8.48. The second-order valence-corrected chi connectivity index (χ2v) is 10.8. The average Bonchev–Trinajstić information content (AvgIpc) is 2.80. The van der Waals surface area contributed by atoms with E-state index in [9.17, 15) is 14.3 Å². The number of carbonyl (C=O) groups excluding carboxylic acids is 1. The number of ether oxygens (including phenoxy) is 1. The second-order valence-electron chi connectivity index (χ2n) is 10.4. The number of halogens is 2. The van der Waals surface area contributed by atoms with Gasteiger partial charge in [-0.05, 0) is 55.2 Å². The lowest BCUT2D eigenvalue weighted by atomic mass is 9.66. The Bertz CT molecular complexity index is 984. The Morgan fingerprint density at radius 1 is 1.21 bits per heavy atom. The molecule has 2 aromatic carbocycles. The standard InChI is InChI=1S/C27H34ClFN2O3/c1-19-17-34-24(14-20-4-10-23(29)11-5-20)15-31(19)25(16-32)30-13-12-27(33,26(2,3)18-30)21-6-8-22(28)9-7-21/h4-11,16,19,24-25,33H,12-15,17-18H2,1-3H3/t19-,24+,25?,27?/m0/s1. The van der Waals surface area contributed by atoms with Gasteiger partial charge in [0, 0.05) is 36.1 Å². The van der Waals surface area contributed by atoms with E-state index in [-0.39, 0.29) is 18.0 Å². The smallest absolute Gasteiger partial charge is 0.151 e. The van der Waals surface area contributed by atoms with Gasteiger partial charge < -0.3 is 14.6 Å². The van der Waals surface area contributed by atoms with Gasteiger partial charge in [0.15, 0.2) is 6.29 Å². The number of benzene rings is 2. The first-order chi connectivity index (χ1) is 16.1. The number of rotatable bonds is 6. The number of morpholine rings is 1. The van der Waals surface area contributed by atoms with Crippen LogP contribution in [0, 0.1) is 11.2 Å². The Morgan fingerprint density at radius 3 is 2.50 bits per heavy atom. The van der Waals surface area contributed by atoms with Crippen LogP contribution in [0.15, 0.2) is 48.5 Å². The molecule has 2 aromatic rings. The minimum atomic E-state index is -1.01. The van der Waals surface area contributed by atoms with Gasteiger partial charge in [0.1, 0.15) is 12.0 Å². The fourth-order valence-electron chi connectivity index (χ4n) is 5.44. The zero-order chi connectivity index (χ0) is 24.5. The van der Waals surface area contributed by atoms with Crippen LogP contribution in [-0.2, 0) is 21.6 Å². The van der Waals surface area contributed by atoms with Crippen LogP contribution in [0.5, 0.6) is 0 Å². The molecule has 0 radical (unpaired) electrons. The van der Waals surface area contributed by atoms with E-state index in [1.54, 1.807) is 12.1 Å². The SMILES string of the molecule is C[C@H]1CO[C@H](Cc2ccc(F)cc2)CN1C(C=O)N1CCC(O)(c2ccc(Cl)cc2)C(C)(C)C1. The summed E-state index contributed by atoms with van der Waals surface area (Å²) >= 11 is 6.06. The predicted octanol–water partition coefficient (Wildman–Crippen LogP) is 4.26. The highest BCUT2D eigenvalue weighted by atomic mass is 35.5. The van der Waals surface area contributed by atoms with E-state index in [0.717, 1.165) is 17.4 Å². The van der Waals surface area contributed by atoms with Crippen LogP contribution < -0.4 is 0 Å². The van der Waals surface area contributed by atoms with Crippen molar-refractivity contribution in [3.8, 4) is 0 Å². The van der Waals surface area contributed by atoms with Crippen molar-refractivity contribution in [2.24, 2.45) is 5.41 Å². The van der Waals surface area contributed by atoms with Gasteiger partial charge in [-0.15, -0.1) is 0 Å². The lowest BCUT2D eigenvalue weighted by molar-refractivity contribution is -0.165. The minimum absolute atomic E-state index is 0.0760. The number of aldehydes is 1. The zero-order valence-corrected chi connectivity index (χ0v) is 20.8. The molecule has 5 nitrogen and oxygen atoms in total. The minimum Gasteiger partial charge on any atom is -0.385 e. The van der Waals surface area contributed by atoms with E-state index < -0.39 is 17.2 Å². The molecule has 0 amide bonds. The fraction of sp³-hybridized carbons (Fsp3) is 0.519. The monoisotopic (exact) mass is 488 g/mol. The highest BCUT2D eigenvalue weighted by molar-refractivity contribution is 6.30. The molecular formula is C27H34ClFN2O3. The second kappa shape index (κ2) is 10.0. The summed E-state index contributed by atoms with van der Waals surface area (Å²) in [4.78, 5) is 16.8. The maximum absolute atomic E-state index is 13.3. The molecule has 2 saturated heterocycles. The third-order valence-corrected chi connectivity index (χ3v) is 7.82. The predicted molar refractivity (Wildman–Crippen MR) is 131 cm³/mol. The van der Waals surface area contributed by atoms with Crippen molar-refractivity contribution >= 4 is 17.9 Å². The Morgan fingerprint density at radius 2 is 1.88 bits per heavy atom. The quantitative estimate of drug-likeness (QED) is 0.616. The third-order valence-electron chi connectivity index (χ3n) is 7.57. The van der Waals surface area contributed by atoms with Gasteiger partial charge in [-0.3, -0.25) is 9.80 Å². The first-order valence-electron chi connectivity index (χ1n) is 11.9. The van der Waals surface area contributed by atoms with Crippen molar-refractivity contribution in [3.63, 3.8) is 0 Å². The van der Waals surface area contributed by atoms with Crippen molar-refractivity contribution in [3.05, 3.63) is 70.5 Å². The molecule has 0 spiro atoms. The molecule has 2 unspecified atom stereocenters. The van der Waals surface area contributed by atoms with Crippen LogP contribution in [0.2, 0.25) is 5.02 Å². The number of aliphatic hydroxyl groups is 1. The Balaban J connectivity index is 1.48. The highest BCUT2D eigenvalue weighted by Gasteiger charge is 2.50. The number of piperidine rings is 1. The maximum Gasteiger partial charge on any atom is 0.151 e. The van der Waals surface area contributed by atoms with E-state index >= 15 is 0 Å². The lowest BCUT2D eigenvalue weighted by Crippen LogP contribution is -2.64. The van der Waals surface area contributed by atoms with Crippen LogP contribution in [0.1, 0.15) is 38.3 Å². The molecular weight excluding hydrogens is 455 g/mol. The van der Waals surface area contributed by atoms with Crippen LogP contribution in [-0.4, -0.2) is 65.7 Å². The summed E-state index contributed by atoms with van der Waals surface area (Å²) < 4.78 is 19.3. The molecule has 0 aromatic heterocycles. The summed E-state index contributed by atoms with van der Waals surface area (Å²) in [5, 5.41) is 12.3. The molecule has 2 fully saturated rings. The Labute approximate surface area is 206 Å². The first kappa shape index (κ1) is 25.3. The largest absolute Gasteiger partial charge is 0.385 e. The molecule has 2 heterocycles. The Kier molecular flexibility index (Phi) is 7.46. The van der Waals surface area contributed by atoms with E-state index in [0.29, 0.717) is 44.1 Å². The summed E-state index contributed by atoms with van der Waals surface area (Å²) in [5.41, 5.74) is 0.367.